The first kappa shape index (κ1) is 13.0. The lowest BCUT2D eigenvalue weighted by Gasteiger charge is -2.49. The molecule has 4 atom stereocenters. The van der Waals surface area contributed by atoms with Gasteiger partial charge in [0.1, 0.15) is 11.4 Å². The number of aliphatic hydroxyl groups excluding tert-OH is 1. The molecule has 2 nitrogen and oxygen atoms in total. The van der Waals surface area contributed by atoms with Crippen LogP contribution in [0.3, 0.4) is 0 Å². The van der Waals surface area contributed by atoms with Crippen molar-refractivity contribution in [3.63, 3.8) is 0 Å². The van der Waals surface area contributed by atoms with Crippen LogP contribution < -0.4 is 4.74 Å². The minimum absolute atomic E-state index is 0.153. The van der Waals surface area contributed by atoms with E-state index in [1.54, 1.807) is 0 Å². The molecule has 1 spiro atoms. The summed E-state index contributed by atoms with van der Waals surface area (Å²) in [4.78, 5) is 0. The lowest BCUT2D eigenvalue weighted by molar-refractivity contribution is -0.0879. The average molecular weight is 260 g/mol. The van der Waals surface area contributed by atoms with Crippen molar-refractivity contribution in [2.24, 2.45) is 11.8 Å². The molecule has 19 heavy (non-hydrogen) atoms. The molecule has 2 aliphatic rings. The van der Waals surface area contributed by atoms with Crippen molar-refractivity contribution in [2.45, 2.75) is 58.2 Å². The first-order valence-electron chi connectivity index (χ1n) is 7.49. The van der Waals surface area contributed by atoms with E-state index in [0.29, 0.717) is 11.8 Å². The Morgan fingerprint density at radius 2 is 2.11 bits per heavy atom. The molecule has 3 unspecified atom stereocenters. The molecule has 0 amide bonds. The van der Waals surface area contributed by atoms with Crippen LogP contribution >= 0.6 is 0 Å². The number of hydrogen-bond donors (Lipinski definition) is 1. The Hall–Kier alpha value is -1.02. The van der Waals surface area contributed by atoms with Crippen molar-refractivity contribution in [3.05, 3.63) is 29.3 Å². The molecule has 104 valence electrons. The molecule has 1 aliphatic heterocycles. The smallest absolute Gasteiger partial charge is 0.125 e. The number of rotatable bonds is 0. The fourth-order valence-corrected chi connectivity index (χ4v) is 3.87. The zero-order valence-electron chi connectivity index (χ0n) is 12.1. The van der Waals surface area contributed by atoms with Gasteiger partial charge in [-0.2, -0.15) is 0 Å². The van der Waals surface area contributed by atoms with E-state index in [0.717, 1.165) is 24.2 Å². The Bertz CT molecular complexity index is 482. The van der Waals surface area contributed by atoms with Gasteiger partial charge >= 0.3 is 0 Å². The van der Waals surface area contributed by atoms with E-state index in [4.69, 9.17) is 4.74 Å². The number of hydrogen-bond acceptors (Lipinski definition) is 2. The topological polar surface area (TPSA) is 29.5 Å². The van der Waals surface area contributed by atoms with Gasteiger partial charge < -0.3 is 9.84 Å². The lowest BCUT2D eigenvalue weighted by Crippen LogP contribution is -2.50. The number of ether oxygens (including phenoxy) is 1. The molecule has 1 aliphatic carbocycles. The van der Waals surface area contributed by atoms with Crippen molar-refractivity contribution in [3.8, 4) is 5.75 Å². The van der Waals surface area contributed by atoms with Crippen molar-refractivity contribution < 1.29 is 9.84 Å². The molecular formula is C17H24O2. The molecule has 0 aromatic heterocycles. The summed E-state index contributed by atoms with van der Waals surface area (Å²) in [6, 6.07) is 6.16. The van der Waals surface area contributed by atoms with Gasteiger partial charge in [0.25, 0.3) is 0 Å². The van der Waals surface area contributed by atoms with Crippen molar-refractivity contribution in [2.75, 3.05) is 0 Å². The third kappa shape index (κ3) is 2.06. The zero-order valence-corrected chi connectivity index (χ0v) is 12.1. The SMILES string of the molecule is Cc1ccc2c(c1)[C@H](O)CC1(CCCC(C)C1C)O2. The van der Waals surface area contributed by atoms with Crippen molar-refractivity contribution in [1.29, 1.82) is 0 Å². The first-order chi connectivity index (χ1) is 9.02. The summed E-state index contributed by atoms with van der Waals surface area (Å²) < 4.78 is 6.41. The van der Waals surface area contributed by atoms with E-state index in [-0.39, 0.29) is 11.7 Å². The highest BCUT2D eigenvalue weighted by molar-refractivity contribution is 5.41. The summed E-state index contributed by atoms with van der Waals surface area (Å²) in [5.41, 5.74) is 2.00. The second kappa shape index (κ2) is 4.52. The zero-order chi connectivity index (χ0) is 13.6. The summed E-state index contributed by atoms with van der Waals surface area (Å²) in [6.07, 6.45) is 3.93. The second-order valence-electron chi connectivity index (χ2n) is 6.59. The monoisotopic (exact) mass is 260 g/mol. The molecule has 1 aromatic rings. The molecule has 0 radical (unpaired) electrons. The van der Waals surface area contributed by atoms with E-state index in [9.17, 15) is 5.11 Å². The van der Waals surface area contributed by atoms with E-state index >= 15 is 0 Å². The molecule has 1 saturated carbocycles. The van der Waals surface area contributed by atoms with Gasteiger partial charge in [0.2, 0.25) is 0 Å². The van der Waals surface area contributed by atoms with E-state index in [1.807, 2.05) is 6.07 Å². The number of aliphatic hydroxyl groups is 1. The van der Waals surface area contributed by atoms with Crippen LogP contribution in [0.2, 0.25) is 0 Å². The van der Waals surface area contributed by atoms with Crippen LogP contribution in [0.4, 0.5) is 0 Å². The largest absolute Gasteiger partial charge is 0.486 e. The maximum Gasteiger partial charge on any atom is 0.125 e. The van der Waals surface area contributed by atoms with Gasteiger partial charge in [-0.15, -0.1) is 0 Å². The summed E-state index contributed by atoms with van der Waals surface area (Å²) in [5, 5.41) is 10.5. The molecule has 0 bridgehead atoms. The fraction of sp³-hybridized carbons (Fsp3) is 0.647. The molecule has 0 saturated heterocycles. The predicted molar refractivity (Wildman–Crippen MR) is 76.3 cm³/mol. The maximum atomic E-state index is 10.5. The molecule has 1 N–H and O–H groups in total. The van der Waals surface area contributed by atoms with E-state index in [1.165, 1.54) is 18.4 Å². The third-order valence-corrected chi connectivity index (χ3v) is 5.32. The Morgan fingerprint density at radius 1 is 1.32 bits per heavy atom. The van der Waals surface area contributed by atoms with Gasteiger partial charge in [0.05, 0.1) is 6.10 Å². The third-order valence-electron chi connectivity index (χ3n) is 5.32. The number of aryl methyl sites for hydroxylation is 1. The molecule has 2 heteroatoms. The number of fused-ring (bicyclic) bond motifs is 1. The van der Waals surface area contributed by atoms with E-state index in [2.05, 4.69) is 32.9 Å². The van der Waals surface area contributed by atoms with Crippen LogP contribution in [-0.4, -0.2) is 10.7 Å². The van der Waals surface area contributed by atoms with Gasteiger partial charge in [-0.3, -0.25) is 0 Å². The second-order valence-corrected chi connectivity index (χ2v) is 6.59. The number of benzene rings is 1. The van der Waals surface area contributed by atoms with Gasteiger partial charge in [0.15, 0.2) is 0 Å². The first-order valence-corrected chi connectivity index (χ1v) is 7.49. The molecular weight excluding hydrogens is 236 g/mol. The highest BCUT2D eigenvalue weighted by Gasteiger charge is 2.48. The van der Waals surface area contributed by atoms with Crippen LogP contribution in [0.5, 0.6) is 5.75 Å². The van der Waals surface area contributed by atoms with Crippen LogP contribution in [0.15, 0.2) is 18.2 Å². The Morgan fingerprint density at radius 3 is 2.89 bits per heavy atom. The quantitative estimate of drug-likeness (QED) is 0.764. The minimum Gasteiger partial charge on any atom is -0.486 e. The normalized spacial score (nSPS) is 37.8. The highest BCUT2D eigenvalue weighted by atomic mass is 16.5. The molecule has 1 fully saturated rings. The maximum absolute atomic E-state index is 10.5. The Balaban J connectivity index is 1.98. The summed E-state index contributed by atoms with van der Waals surface area (Å²) >= 11 is 0. The van der Waals surface area contributed by atoms with Crippen LogP contribution in [0, 0.1) is 18.8 Å². The van der Waals surface area contributed by atoms with E-state index < -0.39 is 0 Å². The highest BCUT2D eigenvalue weighted by Crippen LogP contribution is 2.50. The molecule has 1 heterocycles. The summed E-state index contributed by atoms with van der Waals surface area (Å²) in [5.74, 6) is 2.07. The molecule has 1 aromatic carbocycles. The van der Waals surface area contributed by atoms with Crippen LogP contribution in [-0.2, 0) is 0 Å². The minimum atomic E-state index is -0.378. The summed E-state index contributed by atoms with van der Waals surface area (Å²) in [7, 11) is 0. The van der Waals surface area contributed by atoms with Crippen LogP contribution in [0.1, 0.15) is 56.8 Å². The standard InChI is InChI=1S/C17H24O2/c1-11-6-7-16-14(9-11)15(18)10-17(19-16)8-4-5-12(2)13(17)3/h6-7,9,12-13,15,18H,4-5,8,10H2,1-3H3/t12?,13?,15-,17?/m1/s1. The lowest BCUT2D eigenvalue weighted by atomic mass is 9.67. The van der Waals surface area contributed by atoms with Gasteiger partial charge in [-0.25, -0.2) is 0 Å². The predicted octanol–water partition coefficient (Wildman–Crippen LogP) is 4.01. The Labute approximate surface area is 115 Å². The molecule has 3 rings (SSSR count). The van der Waals surface area contributed by atoms with Crippen molar-refractivity contribution >= 4 is 0 Å². The average Bonchev–Trinajstić information content (AvgIpc) is 2.37. The summed E-state index contributed by atoms with van der Waals surface area (Å²) in [6.45, 7) is 6.66. The fourth-order valence-electron chi connectivity index (χ4n) is 3.87. The van der Waals surface area contributed by atoms with Crippen LogP contribution in [0.25, 0.3) is 0 Å². The van der Waals surface area contributed by atoms with Gasteiger partial charge in [-0.1, -0.05) is 31.9 Å². The van der Waals surface area contributed by atoms with Gasteiger partial charge in [-0.05, 0) is 43.7 Å². The van der Waals surface area contributed by atoms with Gasteiger partial charge in [0, 0.05) is 12.0 Å². The van der Waals surface area contributed by atoms with Crippen molar-refractivity contribution in [1.82, 2.24) is 0 Å². The Kier molecular flexibility index (Phi) is 3.09.